The van der Waals surface area contributed by atoms with E-state index >= 15 is 0 Å². The number of para-hydroxylation sites is 1. The Labute approximate surface area is 161 Å². The highest BCUT2D eigenvalue weighted by atomic mass is 32.2. The molecule has 1 aromatic heterocycles. The first kappa shape index (κ1) is 16.4. The predicted molar refractivity (Wildman–Crippen MR) is 108 cm³/mol. The van der Waals surface area contributed by atoms with E-state index in [1.165, 1.54) is 24.6 Å². The number of rotatable bonds is 4. The molecule has 2 heterocycles. The third kappa shape index (κ3) is 3.10. The lowest BCUT2D eigenvalue weighted by molar-refractivity contribution is -0.116. The summed E-state index contributed by atoms with van der Waals surface area (Å²) in [5.41, 5.74) is 3.30. The van der Waals surface area contributed by atoms with Crippen molar-refractivity contribution in [2.24, 2.45) is 5.92 Å². The van der Waals surface area contributed by atoms with Gasteiger partial charge in [0, 0.05) is 34.1 Å². The summed E-state index contributed by atoms with van der Waals surface area (Å²) in [7, 11) is 0. The number of anilines is 2. The summed E-state index contributed by atoms with van der Waals surface area (Å²) in [6.07, 6.45) is 4.22. The van der Waals surface area contributed by atoms with E-state index in [4.69, 9.17) is 0 Å². The number of amides is 2. The minimum Gasteiger partial charge on any atom is -0.359 e. The van der Waals surface area contributed by atoms with Crippen LogP contribution < -0.4 is 10.2 Å². The molecule has 5 nitrogen and oxygen atoms in total. The highest BCUT2D eigenvalue weighted by molar-refractivity contribution is 8.00. The average molecular weight is 377 g/mol. The van der Waals surface area contributed by atoms with E-state index in [2.05, 4.69) is 10.3 Å². The number of hydrogen-bond donors (Lipinski definition) is 2. The standard InChI is InChI=1S/C21H19N3O2S/c25-20-12-27-19-9-14(7-8-18(19)24(20)11-13-5-6-13)21(26)23-17-10-22-16-4-2-1-3-15(16)17/h1-4,7-10,13,22H,5-6,11-12H2,(H,23,26). The van der Waals surface area contributed by atoms with E-state index in [9.17, 15) is 9.59 Å². The number of H-pyrrole nitrogens is 1. The van der Waals surface area contributed by atoms with Crippen LogP contribution in [0.15, 0.2) is 53.6 Å². The molecule has 0 spiro atoms. The van der Waals surface area contributed by atoms with Gasteiger partial charge in [-0.15, -0.1) is 11.8 Å². The molecule has 136 valence electrons. The minimum atomic E-state index is -0.145. The predicted octanol–water partition coefficient (Wildman–Crippen LogP) is 4.27. The fraction of sp³-hybridized carbons (Fsp3) is 0.238. The second kappa shape index (κ2) is 6.46. The maximum Gasteiger partial charge on any atom is 0.255 e. The number of fused-ring (bicyclic) bond motifs is 2. The Morgan fingerprint density at radius 1 is 1.22 bits per heavy atom. The van der Waals surface area contributed by atoms with Crippen LogP contribution in [0, 0.1) is 5.92 Å². The van der Waals surface area contributed by atoms with E-state index in [0.29, 0.717) is 17.2 Å². The highest BCUT2D eigenvalue weighted by Gasteiger charge is 2.31. The number of hydrogen-bond acceptors (Lipinski definition) is 3. The van der Waals surface area contributed by atoms with Gasteiger partial charge in [0.2, 0.25) is 5.91 Å². The molecule has 0 atom stereocenters. The zero-order valence-corrected chi connectivity index (χ0v) is 15.5. The third-order valence-electron chi connectivity index (χ3n) is 5.14. The van der Waals surface area contributed by atoms with E-state index < -0.39 is 0 Å². The normalized spacial score (nSPS) is 16.4. The summed E-state index contributed by atoms with van der Waals surface area (Å²) >= 11 is 1.51. The Morgan fingerprint density at radius 2 is 2.07 bits per heavy atom. The Balaban J connectivity index is 1.40. The number of nitrogens with zero attached hydrogens (tertiary/aromatic N) is 1. The number of thioether (sulfide) groups is 1. The topological polar surface area (TPSA) is 65.2 Å². The molecule has 1 fully saturated rings. The van der Waals surface area contributed by atoms with Crippen LogP contribution in [0.4, 0.5) is 11.4 Å². The van der Waals surface area contributed by atoms with Gasteiger partial charge in [0.25, 0.3) is 5.91 Å². The van der Waals surface area contributed by atoms with Crippen molar-refractivity contribution in [2.45, 2.75) is 17.7 Å². The molecule has 27 heavy (non-hydrogen) atoms. The average Bonchev–Trinajstić information content (AvgIpc) is 3.43. The first-order valence-electron chi connectivity index (χ1n) is 9.14. The number of benzene rings is 2. The Kier molecular flexibility index (Phi) is 3.93. The monoisotopic (exact) mass is 377 g/mol. The fourth-order valence-corrected chi connectivity index (χ4v) is 4.45. The van der Waals surface area contributed by atoms with Crippen molar-refractivity contribution in [3.63, 3.8) is 0 Å². The van der Waals surface area contributed by atoms with Crippen LogP contribution in [0.25, 0.3) is 10.9 Å². The van der Waals surface area contributed by atoms with Crippen LogP contribution in [-0.2, 0) is 4.79 Å². The smallest absolute Gasteiger partial charge is 0.255 e. The molecular weight excluding hydrogens is 358 g/mol. The van der Waals surface area contributed by atoms with Crippen molar-refractivity contribution < 1.29 is 9.59 Å². The second-order valence-corrected chi connectivity index (χ2v) is 8.14. The molecule has 5 rings (SSSR count). The number of carbonyl (C=O) groups is 2. The van der Waals surface area contributed by atoms with Crippen molar-refractivity contribution in [1.29, 1.82) is 0 Å². The first-order valence-corrected chi connectivity index (χ1v) is 10.1. The van der Waals surface area contributed by atoms with E-state index in [1.807, 2.05) is 53.6 Å². The SMILES string of the molecule is O=C(Nc1c[nH]c2ccccc12)c1ccc2c(c1)SCC(=O)N2CC1CC1. The molecule has 0 unspecified atom stereocenters. The van der Waals surface area contributed by atoms with Gasteiger partial charge in [-0.25, -0.2) is 0 Å². The van der Waals surface area contributed by atoms with E-state index in [-0.39, 0.29) is 11.8 Å². The highest BCUT2D eigenvalue weighted by Crippen LogP contribution is 2.39. The Morgan fingerprint density at radius 3 is 2.93 bits per heavy atom. The summed E-state index contributed by atoms with van der Waals surface area (Å²) in [5.74, 6) is 1.09. The van der Waals surface area contributed by atoms with E-state index in [1.54, 1.807) is 0 Å². The molecule has 3 aromatic rings. The maximum absolute atomic E-state index is 12.8. The molecule has 2 aliphatic rings. The van der Waals surface area contributed by atoms with Gasteiger partial charge < -0.3 is 15.2 Å². The molecule has 1 saturated carbocycles. The van der Waals surface area contributed by atoms with Gasteiger partial charge in [-0.2, -0.15) is 0 Å². The van der Waals surface area contributed by atoms with Crippen molar-refractivity contribution in [3.05, 3.63) is 54.2 Å². The molecule has 0 radical (unpaired) electrons. The molecule has 1 aliphatic heterocycles. The Bertz CT molecular complexity index is 1050. The summed E-state index contributed by atoms with van der Waals surface area (Å²) in [6, 6.07) is 13.5. The number of nitrogens with one attached hydrogen (secondary N) is 2. The first-order chi connectivity index (χ1) is 13.2. The summed E-state index contributed by atoms with van der Waals surface area (Å²) in [6.45, 7) is 0.799. The van der Waals surface area contributed by atoms with Crippen LogP contribution in [0.5, 0.6) is 0 Å². The second-order valence-electron chi connectivity index (χ2n) is 7.12. The van der Waals surface area contributed by atoms with Gasteiger partial charge in [-0.05, 0) is 43.0 Å². The fourth-order valence-electron chi connectivity index (χ4n) is 3.47. The largest absolute Gasteiger partial charge is 0.359 e. The third-order valence-corrected chi connectivity index (χ3v) is 6.17. The van der Waals surface area contributed by atoms with Crippen molar-refractivity contribution in [1.82, 2.24) is 4.98 Å². The molecule has 6 heteroatoms. The van der Waals surface area contributed by atoms with Crippen LogP contribution in [0.3, 0.4) is 0 Å². The zero-order chi connectivity index (χ0) is 18.4. The van der Waals surface area contributed by atoms with Gasteiger partial charge in [0.05, 0.1) is 17.1 Å². The molecule has 2 N–H and O–H groups in total. The number of aromatic amines is 1. The van der Waals surface area contributed by atoms with Crippen LogP contribution in [-0.4, -0.2) is 29.1 Å². The lowest BCUT2D eigenvalue weighted by atomic mass is 10.1. The molecular formula is C21H19N3O2S. The summed E-state index contributed by atoms with van der Waals surface area (Å²) < 4.78 is 0. The molecule has 0 saturated heterocycles. The summed E-state index contributed by atoms with van der Waals surface area (Å²) in [4.78, 5) is 31.1. The van der Waals surface area contributed by atoms with Gasteiger partial charge in [0.15, 0.2) is 0 Å². The quantitative estimate of drug-likeness (QED) is 0.714. The van der Waals surface area contributed by atoms with Crippen LogP contribution in [0.1, 0.15) is 23.2 Å². The number of carbonyl (C=O) groups excluding carboxylic acids is 2. The number of aromatic nitrogens is 1. The van der Waals surface area contributed by atoms with Crippen molar-refractivity contribution >= 4 is 45.9 Å². The van der Waals surface area contributed by atoms with Gasteiger partial charge in [0.1, 0.15) is 0 Å². The molecule has 2 aromatic carbocycles. The zero-order valence-electron chi connectivity index (χ0n) is 14.7. The van der Waals surface area contributed by atoms with E-state index in [0.717, 1.165) is 33.7 Å². The van der Waals surface area contributed by atoms with Crippen LogP contribution >= 0.6 is 11.8 Å². The van der Waals surface area contributed by atoms with Crippen LogP contribution in [0.2, 0.25) is 0 Å². The maximum atomic E-state index is 12.8. The lowest BCUT2D eigenvalue weighted by Gasteiger charge is -2.29. The van der Waals surface area contributed by atoms with Crippen molar-refractivity contribution in [2.75, 3.05) is 22.5 Å². The molecule has 1 aliphatic carbocycles. The van der Waals surface area contributed by atoms with Crippen molar-refractivity contribution in [3.8, 4) is 0 Å². The van der Waals surface area contributed by atoms with Gasteiger partial charge in [-0.1, -0.05) is 18.2 Å². The van der Waals surface area contributed by atoms with Gasteiger partial charge >= 0.3 is 0 Å². The minimum absolute atomic E-state index is 0.145. The van der Waals surface area contributed by atoms with Gasteiger partial charge in [-0.3, -0.25) is 9.59 Å². The summed E-state index contributed by atoms with van der Waals surface area (Å²) in [5, 5.41) is 3.98. The molecule has 0 bridgehead atoms. The lowest BCUT2D eigenvalue weighted by Crippen LogP contribution is -2.37. The Hall–Kier alpha value is -2.73. The molecule has 2 amide bonds.